The van der Waals surface area contributed by atoms with Crippen LogP contribution in [0.3, 0.4) is 0 Å². The Kier molecular flexibility index (Phi) is 6.59. The second-order valence-corrected chi connectivity index (χ2v) is 9.59. The highest BCUT2D eigenvalue weighted by Gasteiger charge is 2.29. The van der Waals surface area contributed by atoms with Gasteiger partial charge in [-0.2, -0.15) is 13.5 Å². The fourth-order valence-corrected chi connectivity index (χ4v) is 5.39. The first-order valence-electron chi connectivity index (χ1n) is 10.1. The predicted octanol–water partition coefficient (Wildman–Crippen LogP) is 3.38. The number of benzene rings is 3. The first kappa shape index (κ1) is 22.1. The second-order valence-electron chi connectivity index (χ2n) is 7.38. The van der Waals surface area contributed by atoms with Crippen LogP contribution >= 0.6 is 11.7 Å². The summed E-state index contributed by atoms with van der Waals surface area (Å²) in [5.74, 6) is -0.420. The fraction of sp³-hybridized carbons (Fsp3) is 0.174. The van der Waals surface area contributed by atoms with Crippen molar-refractivity contribution in [2.24, 2.45) is 0 Å². The van der Waals surface area contributed by atoms with E-state index in [2.05, 4.69) is 24.9 Å². The molecule has 4 rings (SSSR count). The lowest BCUT2D eigenvalue weighted by atomic mass is 10.1. The maximum atomic E-state index is 13.2. The van der Waals surface area contributed by atoms with E-state index in [0.717, 1.165) is 22.9 Å². The zero-order chi connectivity index (χ0) is 22.6. The molecule has 0 radical (unpaired) electrons. The Hall–Kier alpha value is -3.14. The van der Waals surface area contributed by atoms with Crippen molar-refractivity contribution in [3.05, 3.63) is 89.5 Å². The standard InChI is InChI=1S/C23H22N4O3S2/c1-16-7-5-8-17(15-16)13-14-24-23(28)21(18-9-3-2-4-10-18)27-32(29,30)20-12-6-11-19-22(20)26-31-25-19/h2-12,15,21,27H,13-14H2,1H3,(H,24,28)/t21-/m1/s1. The van der Waals surface area contributed by atoms with Crippen LogP contribution in [0.2, 0.25) is 0 Å². The third kappa shape index (κ3) is 5.01. The van der Waals surface area contributed by atoms with E-state index in [4.69, 9.17) is 0 Å². The topological polar surface area (TPSA) is 101 Å². The number of nitrogens with zero attached hydrogens (tertiary/aromatic N) is 2. The van der Waals surface area contributed by atoms with Crippen LogP contribution in [0.4, 0.5) is 0 Å². The number of aromatic nitrogens is 2. The zero-order valence-electron chi connectivity index (χ0n) is 17.4. The van der Waals surface area contributed by atoms with E-state index in [1.807, 2.05) is 31.2 Å². The number of nitrogens with one attached hydrogen (secondary N) is 2. The SMILES string of the molecule is Cc1cccc(CCNC(=O)[C@H](NS(=O)(=O)c2cccc3nsnc23)c2ccccc2)c1. The fourth-order valence-electron chi connectivity index (χ4n) is 3.44. The minimum Gasteiger partial charge on any atom is -0.354 e. The van der Waals surface area contributed by atoms with Gasteiger partial charge in [0.05, 0.1) is 11.7 Å². The van der Waals surface area contributed by atoms with Gasteiger partial charge >= 0.3 is 0 Å². The van der Waals surface area contributed by atoms with Gasteiger partial charge in [0.25, 0.3) is 0 Å². The lowest BCUT2D eigenvalue weighted by Crippen LogP contribution is -2.41. The van der Waals surface area contributed by atoms with Crippen molar-refractivity contribution in [3.63, 3.8) is 0 Å². The van der Waals surface area contributed by atoms with Gasteiger partial charge in [-0.3, -0.25) is 4.79 Å². The maximum Gasteiger partial charge on any atom is 0.243 e. The average molecular weight is 467 g/mol. The summed E-state index contributed by atoms with van der Waals surface area (Å²) < 4.78 is 37.2. The zero-order valence-corrected chi connectivity index (χ0v) is 19.0. The minimum atomic E-state index is -4.04. The van der Waals surface area contributed by atoms with Crippen molar-refractivity contribution in [3.8, 4) is 0 Å². The quantitative estimate of drug-likeness (QED) is 0.415. The first-order valence-corrected chi connectivity index (χ1v) is 12.3. The summed E-state index contributed by atoms with van der Waals surface area (Å²) in [6.45, 7) is 2.40. The molecule has 4 aromatic rings. The molecule has 0 unspecified atom stereocenters. The number of carbonyl (C=O) groups is 1. The largest absolute Gasteiger partial charge is 0.354 e. The molecule has 0 spiro atoms. The van der Waals surface area contributed by atoms with Crippen molar-refractivity contribution < 1.29 is 13.2 Å². The molecule has 2 N–H and O–H groups in total. The van der Waals surface area contributed by atoms with Crippen LogP contribution in [0.25, 0.3) is 11.0 Å². The Morgan fingerprint density at radius 2 is 1.78 bits per heavy atom. The number of amides is 1. The summed E-state index contributed by atoms with van der Waals surface area (Å²) in [5.41, 5.74) is 3.58. The molecule has 3 aromatic carbocycles. The van der Waals surface area contributed by atoms with Gasteiger partial charge in [-0.25, -0.2) is 8.42 Å². The highest BCUT2D eigenvalue weighted by Crippen LogP contribution is 2.23. The van der Waals surface area contributed by atoms with E-state index in [1.54, 1.807) is 36.4 Å². The van der Waals surface area contributed by atoms with Gasteiger partial charge in [0.2, 0.25) is 15.9 Å². The highest BCUT2D eigenvalue weighted by molar-refractivity contribution is 7.89. The Bertz CT molecular complexity index is 1340. The molecule has 0 aliphatic rings. The predicted molar refractivity (Wildman–Crippen MR) is 125 cm³/mol. The third-order valence-electron chi connectivity index (χ3n) is 5.00. The third-order valence-corrected chi connectivity index (χ3v) is 7.00. The number of sulfonamides is 1. The Morgan fingerprint density at radius 3 is 2.56 bits per heavy atom. The molecular formula is C23H22N4O3S2. The number of carbonyl (C=O) groups excluding carboxylic acids is 1. The smallest absolute Gasteiger partial charge is 0.243 e. The molecule has 1 heterocycles. The molecule has 164 valence electrons. The van der Waals surface area contributed by atoms with Gasteiger partial charge in [0, 0.05) is 6.54 Å². The second kappa shape index (κ2) is 9.56. The molecule has 0 aliphatic carbocycles. The van der Waals surface area contributed by atoms with Crippen LogP contribution < -0.4 is 10.0 Å². The molecule has 0 bridgehead atoms. The van der Waals surface area contributed by atoms with Crippen LogP contribution in [0.5, 0.6) is 0 Å². The van der Waals surface area contributed by atoms with Crippen LogP contribution in [0.1, 0.15) is 22.7 Å². The summed E-state index contributed by atoms with van der Waals surface area (Å²) in [6.07, 6.45) is 0.644. The highest BCUT2D eigenvalue weighted by atomic mass is 32.2. The number of hydrogen-bond donors (Lipinski definition) is 2. The van der Waals surface area contributed by atoms with E-state index < -0.39 is 22.0 Å². The van der Waals surface area contributed by atoms with Gasteiger partial charge in [0.15, 0.2) is 0 Å². The van der Waals surface area contributed by atoms with Crippen molar-refractivity contribution in [1.82, 2.24) is 18.8 Å². The Balaban J connectivity index is 1.55. The monoisotopic (exact) mass is 466 g/mol. The summed E-state index contributed by atoms with van der Waals surface area (Å²) in [4.78, 5) is 13.1. The number of fused-ring (bicyclic) bond motifs is 1. The molecule has 0 saturated heterocycles. The van der Waals surface area contributed by atoms with Gasteiger partial charge in [-0.15, -0.1) is 0 Å². The van der Waals surface area contributed by atoms with Crippen molar-refractivity contribution in [2.75, 3.05) is 6.54 Å². The Labute approximate surface area is 190 Å². The van der Waals surface area contributed by atoms with Gasteiger partial charge < -0.3 is 5.32 Å². The molecular weight excluding hydrogens is 444 g/mol. The molecule has 1 atom stereocenters. The van der Waals surface area contributed by atoms with Crippen molar-refractivity contribution in [1.29, 1.82) is 0 Å². The minimum absolute atomic E-state index is 0.00255. The molecule has 1 amide bonds. The molecule has 0 aliphatic heterocycles. The molecule has 9 heteroatoms. The summed E-state index contributed by atoms with van der Waals surface area (Å²) in [7, 11) is -4.04. The molecule has 1 aromatic heterocycles. The van der Waals surface area contributed by atoms with Crippen LogP contribution in [0, 0.1) is 6.92 Å². The lowest BCUT2D eigenvalue weighted by molar-refractivity contribution is -0.122. The van der Waals surface area contributed by atoms with E-state index in [-0.39, 0.29) is 10.4 Å². The van der Waals surface area contributed by atoms with E-state index >= 15 is 0 Å². The molecule has 0 fully saturated rings. The van der Waals surface area contributed by atoms with Gasteiger partial charge in [0.1, 0.15) is 22.0 Å². The molecule has 7 nitrogen and oxygen atoms in total. The van der Waals surface area contributed by atoms with Crippen molar-refractivity contribution >= 4 is 38.7 Å². The van der Waals surface area contributed by atoms with Crippen LogP contribution in [-0.2, 0) is 21.2 Å². The van der Waals surface area contributed by atoms with E-state index in [9.17, 15) is 13.2 Å². The lowest BCUT2D eigenvalue weighted by Gasteiger charge is -2.19. The number of aryl methyl sites for hydroxylation is 1. The van der Waals surface area contributed by atoms with E-state index in [0.29, 0.717) is 24.0 Å². The average Bonchev–Trinajstić information content (AvgIpc) is 3.27. The van der Waals surface area contributed by atoms with Gasteiger partial charge in [-0.05, 0) is 36.6 Å². The first-order chi connectivity index (χ1) is 15.4. The van der Waals surface area contributed by atoms with Crippen molar-refractivity contribution in [2.45, 2.75) is 24.3 Å². The maximum absolute atomic E-state index is 13.2. The number of hydrogen-bond acceptors (Lipinski definition) is 6. The van der Waals surface area contributed by atoms with E-state index in [1.165, 1.54) is 6.07 Å². The molecule has 0 saturated carbocycles. The Morgan fingerprint density at radius 1 is 1.00 bits per heavy atom. The normalized spacial score (nSPS) is 12.5. The molecule has 32 heavy (non-hydrogen) atoms. The van der Waals surface area contributed by atoms with Crippen LogP contribution in [0.15, 0.2) is 77.7 Å². The summed E-state index contributed by atoms with van der Waals surface area (Å²) in [6, 6.07) is 20.5. The number of rotatable bonds is 8. The van der Waals surface area contributed by atoms with Gasteiger partial charge in [-0.1, -0.05) is 66.2 Å². The summed E-state index contributed by atoms with van der Waals surface area (Å²) >= 11 is 0.943. The van der Waals surface area contributed by atoms with Crippen LogP contribution in [-0.4, -0.2) is 29.6 Å². The summed E-state index contributed by atoms with van der Waals surface area (Å²) in [5, 5.41) is 2.86.